The predicted octanol–water partition coefficient (Wildman–Crippen LogP) is 5.48. The van der Waals surface area contributed by atoms with Gasteiger partial charge in [-0.25, -0.2) is 19.0 Å². The van der Waals surface area contributed by atoms with Crippen molar-refractivity contribution in [3.05, 3.63) is 59.5 Å². The number of ether oxygens (including phenoxy) is 3. The van der Waals surface area contributed by atoms with Gasteiger partial charge in [0.1, 0.15) is 17.2 Å². The van der Waals surface area contributed by atoms with E-state index in [9.17, 15) is 31.9 Å². The third-order valence-electron chi connectivity index (χ3n) is 5.83. The molecular formula is C28H33F4N3O6. The fraction of sp³-hybridized carbons (Fsp3) is 0.500. The smallest absolute Gasteiger partial charge is 0.419 e. The molecule has 0 saturated carbocycles. The van der Waals surface area contributed by atoms with Crippen LogP contribution in [0.2, 0.25) is 0 Å². The Morgan fingerprint density at radius 3 is 2.17 bits per heavy atom. The Morgan fingerprint density at radius 1 is 1.00 bits per heavy atom. The van der Waals surface area contributed by atoms with Gasteiger partial charge < -0.3 is 19.5 Å². The van der Waals surface area contributed by atoms with Crippen LogP contribution in [0.1, 0.15) is 59.1 Å². The zero-order valence-electron chi connectivity index (χ0n) is 23.6. The molecule has 1 aromatic heterocycles. The van der Waals surface area contributed by atoms with E-state index in [1.54, 1.807) is 71.9 Å². The Balaban J connectivity index is 2.04. The van der Waals surface area contributed by atoms with E-state index in [2.05, 4.69) is 10.3 Å². The number of hydrogen-bond donors (Lipinski definition) is 1. The Bertz CT molecular complexity index is 1240. The van der Waals surface area contributed by atoms with Crippen LogP contribution in [0.5, 0.6) is 0 Å². The van der Waals surface area contributed by atoms with Crippen molar-refractivity contribution < 1.29 is 46.2 Å². The van der Waals surface area contributed by atoms with Crippen molar-refractivity contribution in [3.8, 4) is 0 Å². The molecule has 0 spiro atoms. The number of esters is 1. The summed E-state index contributed by atoms with van der Waals surface area (Å²) in [5, 5.41) is 2.08. The van der Waals surface area contributed by atoms with Crippen molar-refractivity contribution in [2.75, 3.05) is 11.9 Å². The summed E-state index contributed by atoms with van der Waals surface area (Å²) in [5.41, 5.74) is -4.97. The van der Waals surface area contributed by atoms with Crippen LogP contribution in [0.3, 0.4) is 0 Å². The lowest BCUT2D eigenvalue weighted by atomic mass is 9.98. The lowest BCUT2D eigenvalue weighted by molar-refractivity contribution is -0.160. The monoisotopic (exact) mass is 583 g/mol. The topological polar surface area (TPSA) is 107 Å². The van der Waals surface area contributed by atoms with E-state index in [4.69, 9.17) is 14.2 Å². The molecule has 13 heteroatoms. The van der Waals surface area contributed by atoms with Crippen molar-refractivity contribution in [2.45, 2.75) is 83.6 Å². The molecule has 2 heterocycles. The number of nitrogens with zero attached hydrogens (tertiary/aromatic N) is 2. The first kappa shape index (κ1) is 31.8. The van der Waals surface area contributed by atoms with Gasteiger partial charge in [0.15, 0.2) is 17.2 Å². The molecule has 1 aliphatic heterocycles. The van der Waals surface area contributed by atoms with Crippen LogP contribution >= 0.6 is 0 Å². The lowest BCUT2D eigenvalue weighted by Crippen LogP contribution is -2.49. The van der Waals surface area contributed by atoms with Crippen LogP contribution < -0.4 is 5.32 Å². The van der Waals surface area contributed by atoms with Crippen molar-refractivity contribution >= 4 is 23.8 Å². The largest absolute Gasteiger partial charge is 0.458 e. The minimum Gasteiger partial charge on any atom is -0.458 e. The maximum atomic E-state index is 14.8. The van der Waals surface area contributed by atoms with Gasteiger partial charge in [0.25, 0.3) is 5.91 Å². The van der Waals surface area contributed by atoms with Crippen molar-refractivity contribution in [3.63, 3.8) is 0 Å². The molecule has 0 radical (unpaired) electrons. The van der Waals surface area contributed by atoms with E-state index in [0.717, 1.165) is 4.90 Å². The van der Waals surface area contributed by atoms with Crippen LogP contribution in [0.25, 0.3) is 0 Å². The first-order chi connectivity index (χ1) is 18.8. The molecule has 1 aromatic carbocycles. The van der Waals surface area contributed by atoms with Crippen molar-refractivity contribution in [2.24, 2.45) is 0 Å². The second kappa shape index (κ2) is 11.6. The van der Waals surface area contributed by atoms with Crippen molar-refractivity contribution in [1.29, 1.82) is 0 Å². The lowest BCUT2D eigenvalue weighted by Gasteiger charge is -2.30. The number of aromatic nitrogens is 1. The first-order valence-electron chi connectivity index (χ1n) is 12.7. The number of halogens is 4. The number of rotatable bonds is 6. The molecule has 3 rings (SSSR count). The number of alkyl halides is 3. The summed E-state index contributed by atoms with van der Waals surface area (Å²) in [6.45, 7) is 8.94. The highest BCUT2D eigenvalue weighted by Gasteiger charge is 2.56. The number of carbonyl (C=O) groups is 3. The molecule has 2 atom stereocenters. The van der Waals surface area contributed by atoms with Crippen LogP contribution in [0, 0.1) is 5.82 Å². The summed E-state index contributed by atoms with van der Waals surface area (Å²) >= 11 is 0. The van der Waals surface area contributed by atoms with E-state index in [0.29, 0.717) is 17.8 Å². The number of benzene rings is 1. The molecule has 1 fully saturated rings. The van der Waals surface area contributed by atoms with E-state index in [1.165, 1.54) is 0 Å². The van der Waals surface area contributed by atoms with Gasteiger partial charge in [0, 0.05) is 12.6 Å². The summed E-state index contributed by atoms with van der Waals surface area (Å²) in [6.07, 6.45) is -5.75. The van der Waals surface area contributed by atoms with Gasteiger partial charge in [0.2, 0.25) is 0 Å². The highest BCUT2D eigenvalue weighted by Crippen LogP contribution is 2.37. The first-order valence-corrected chi connectivity index (χ1v) is 12.7. The van der Waals surface area contributed by atoms with Gasteiger partial charge in [-0.3, -0.25) is 9.69 Å². The van der Waals surface area contributed by atoms with E-state index in [-0.39, 0.29) is 6.61 Å². The Labute approximate surface area is 235 Å². The van der Waals surface area contributed by atoms with Crippen LogP contribution in [0.4, 0.5) is 28.2 Å². The molecule has 9 nitrogen and oxygen atoms in total. The van der Waals surface area contributed by atoms with Gasteiger partial charge >= 0.3 is 18.2 Å². The van der Waals surface area contributed by atoms with Crippen molar-refractivity contribution in [1.82, 2.24) is 9.88 Å². The number of anilines is 1. The fourth-order valence-electron chi connectivity index (χ4n) is 4.07. The van der Waals surface area contributed by atoms with E-state index >= 15 is 0 Å². The van der Waals surface area contributed by atoms with Crippen LogP contribution in [-0.4, -0.2) is 57.2 Å². The summed E-state index contributed by atoms with van der Waals surface area (Å²) in [4.78, 5) is 44.7. The molecule has 0 bridgehead atoms. The molecule has 224 valence electrons. The third kappa shape index (κ3) is 8.15. The van der Waals surface area contributed by atoms with Gasteiger partial charge in [-0.2, -0.15) is 13.2 Å². The van der Waals surface area contributed by atoms with Gasteiger partial charge in [0.05, 0.1) is 18.7 Å². The molecule has 41 heavy (non-hydrogen) atoms. The summed E-state index contributed by atoms with van der Waals surface area (Å²) in [7, 11) is 0. The number of hydrogen-bond acceptors (Lipinski definition) is 7. The molecule has 1 N–H and O–H groups in total. The molecule has 0 unspecified atom stereocenters. The third-order valence-corrected chi connectivity index (χ3v) is 5.83. The molecular weight excluding hydrogens is 550 g/mol. The number of likely N-dealkylation sites (tertiary alicyclic amines) is 1. The highest BCUT2D eigenvalue weighted by molar-refractivity contribution is 5.99. The minimum atomic E-state index is -5.04. The Kier molecular flexibility index (Phi) is 9.02. The number of amides is 2. The normalized spacial score (nSPS) is 19.6. The van der Waals surface area contributed by atoms with Gasteiger partial charge in [-0.05, 0) is 53.2 Å². The standard InChI is InChI=1S/C28H33F4N3O6/c1-25(2,3)40-22(36)19-14-27(39-15-17-10-8-7-9-11-17,16-35(19)24(38)41-26(4,5)6)23(37)34-21-20(29)18(12-13-33-21)28(30,31)32/h7-13,19H,14-16H2,1-6H3,(H,33,34,37)/t19-,27+/m0/s1. The number of nitrogens with one attached hydrogen (secondary N) is 1. The molecule has 1 saturated heterocycles. The number of pyridine rings is 1. The average Bonchev–Trinajstić information content (AvgIpc) is 3.24. The Hall–Kier alpha value is -3.74. The quantitative estimate of drug-likeness (QED) is 0.354. The molecule has 2 amide bonds. The predicted molar refractivity (Wildman–Crippen MR) is 139 cm³/mol. The Morgan fingerprint density at radius 2 is 1.61 bits per heavy atom. The SMILES string of the molecule is CC(C)(C)OC(=O)[C@@H]1C[C@](OCc2ccccc2)(C(=O)Nc2nccc(C(F)(F)F)c2F)CN1C(=O)OC(C)(C)C. The zero-order chi connectivity index (χ0) is 30.8. The highest BCUT2D eigenvalue weighted by atomic mass is 19.4. The summed E-state index contributed by atoms with van der Waals surface area (Å²) < 4.78 is 71.6. The van der Waals surface area contributed by atoms with Gasteiger partial charge in [-0.1, -0.05) is 30.3 Å². The second-order valence-corrected chi connectivity index (χ2v) is 11.6. The second-order valence-electron chi connectivity index (χ2n) is 11.6. The van der Waals surface area contributed by atoms with E-state index in [1.807, 2.05) is 0 Å². The molecule has 2 aromatic rings. The zero-order valence-corrected chi connectivity index (χ0v) is 23.6. The van der Waals surface area contributed by atoms with Gasteiger partial charge in [-0.15, -0.1) is 0 Å². The fourth-order valence-corrected chi connectivity index (χ4v) is 4.07. The summed E-state index contributed by atoms with van der Waals surface area (Å²) in [6, 6.07) is 7.66. The maximum absolute atomic E-state index is 14.8. The molecule has 1 aliphatic rings. The van der Waals surface area contributed by atoms with Crippen LogP contribution in [-0.2, 0) is 36.6 Å². The average molecular weight is 584 g/mol. The number of carbonyl (C=O) groups excluding carboxylic acids is 3. The minimum absolute atomic E-state index is 0.185. The maximum Gasteiger partial charge on any atom is 0.419 e. The summed E-state index contributed by atoms with van der Waals surface area (Å²) in [5.74, 6) is -4.75. The van der Waals surface area contributed by atoms with Crippen LogP contribution in [0.15, 0.2) is 42.6 Å². The molecule has 0 aliphatic carbocycles. The van der Waals surface area contributed by atoms with E-state index < -0.39 is 77.2 Å².